The molecule has 1 unspecified atom stereocenters. The standard InChI is InChI=1S/C21H20N2O2/c24-21(25-20-11-5-8-15-6-1-3-9-18(15)20)22-14-17-13-12-16-7-2-4-10-19(16)23-17/h1-11,17,23H,12-14H2,(H,22,24). The number of hydrogen-bond donors (Lipinski definition) is 2. The van der Waals surface area contributed by atoms with Crippen molar-refractivity contribution in [2.75, 3.05) is 11.9 Å². The second-order valence-electron chi connectivity index (χ2n) is 6.28. The van der Waals surface area contributed by atoms with E-state index >= 15 is 0 Å². The van der Waals surface area contributed by atoms with Crippen LogP contribution in [0.5, 0.6) is 5.75 Å². The molecule has 1 aliphatic heterocycles. The van der Waals surface area contributed by atoms with E-state index in [1.165, 1.54) is 5.56 Å². The summed E-state index contributed by atoms with van der Waals surface area (Å²) in [5.74, 6) is 0.581. The SMILES string of the molecule is O=C(NCC1CCc2ccccc2N1)Oc1cccc2ccccc12. The topological polar surface area (TPSA) is 50.4 Å². The Hall–Kier alpha value is -3.01. The van der Waals surface area contributed by atoms with Crippen LogP contribution in [0.3, 0.4) is 0 Å². The highest BCUT2D eigenvalue weighted by molar-refractivity contribution is 5.90. The van der Waals surface area contributed by atoms with E-state index < -0.39 is 6.09 Å². The molecule has 0 fully saturated rings. The summed E-state index contributed by atoms with van der Waals surface area (Å²) in [6.45, 7) is 0.540. The number of rotatable bonds is 3. The number of amides is 1. The molecule has 2 N–H and O–H groups in total. The lowest BCUT2D eigenvalue weighted by Gasteiger charge is -2.27. The minimum Gasteiger partial charge on any atom is -0.410 e. The van der Waals surface area contributed by atoms with E-state index in [1.807, 2.05) is 48.5 Å². The van der Waals surface area contributed by atoms with Crippen molar-refractivity contribution < 1.29 is 9.53 Å². The van der Waals surface area contributed by atoms with Gasteiger partial charge in [0.15, 0.2) is 0 Å². The fourth-order valence-corrected chi connectivity index (χ4v) is 3.28. The maximum atomic E-state index is 12.2. The van der Waals surface area contributed by atoms with Gasteiger partial charge < -0.3 is 15.4 Å². The molecule has 1 heterocycles. The van der Waals surface area contributed by atoms with Crippen LogP contribution in [0.25, 0.3) is 10.8 Å². The predicted octanol–water partition coefficient (Wildman–Crippen LogP) is 4.36. The Bertz CT molecular complexity index is 902. The summed E-state index contributed by atoms with van der Waals surface area (Å²) in [7, 11) is 0. The molecule has 3 aromatic carbocycles. The number of benzene rings is 3. The normalized spacial score (nSPS) is 15.9. The molecule has 1 atom stereocenters. The van der Waals surface area contributed by atoms with Crippen molar-refractivity contribution in [2.45, 2.75) is 18.9 Å². The molecule has 0 spiro atoms. The van der Waals surface area contributed by atoms with Gasteiger partial charge in [0.25, 0.3) is 0 Å². The van der Waals surface area contributed by atoms with E-state index in [0.717, 1.165) is 29.3 Å². The molecular weight excluding hydrogens is 312 g/mol. The Morgan fingerprint density at radius 2 is 1.84 bits per heavy atom. The lowest BCUT2D eigenvalue weighted by molar-refractivity contribution is 0.200. The fraction of sp³-hybridized carbons (Fsp3) is 0.190. The Morgan fingerprint density at radius 1 is 1.04 bits per heavy atom. The van der Waals surface area contributed by atoms with Gasteiger partial charge in [-0.2, -0.15) is 0 Å². The Kier molecular flexibility index (Phi) is 4.25. The number of para-hydroxylation sites is 1. The summed E-state index contributed by atoms with van der Waals surface area (Å²) >= 11 is 0. The van der Waals surface area contributed by atoms with Crippen molar-refractivity contribution in [3.63, 3.8) is 0 Å². The highest BCUT2D eigenvalue weighted by Crippen LogP contribution is 2.26. The van der Waals surface area contributed by atoms with Crippen LogP contribution in [-0.4, -0.2) is 18.7 Å². The first-order chi connectivity index (χ1) is 12.3. The Morgan fingerprint density at radius 3 is 2.80 bits per heavy atom. The van der Waals surface area contributed by atoms with Gasteiger partial charge in [-0.05, 0) is 35.9 Å². The minimum atomic E-state index is -0.419. The van der Waals surface area contributed by atoms with E-state index in [4.69, 9.17) is 4.74 Å². The number of carbonyl (C=O) groups is 1. The largest absolute Gasteiger partial charge is 0.412 e. The van der Waals surface area contributed by atoms with Crippen molar-refractivity contribution in [3.05, 3.63) is 72.3 Å². The first-order valence-electron chi connectivity index (χ1n) is 8.57. The van der Waals surface area contributed by atoms with Crippen molar-refractivity contribution in [3.8, 4) is 5.75 Å². The zero-order valence-electron chi connectivity index (χ0n) is 13.9. The number of nitrogens with one attached hydrogen (secondary N) is 2. The molecule has 25 heavy (non-hydrogen) atoms. The van der Waals surface area contributed by atoms with Crippen LogP contribution in [0.15, 0.2) is 66.7 Å². The smallest absolute Gasteiger partial charge is 0.410 e. The second-order valence-corrected chi connectivity index (χ2v) is 6.28. The number of carbonyl (C=O) groups excluding carboxylic acids is 1. The van der Waals surface area contributed by atoms with Gasteiger partial charge in [0.2, 0.25) is 0 Å². The van der Waals surface area contributed by atoms with E-state index in [0.29, 0.717) is 12.3 Å². The maximum Gasteiger partial charge on any atom is 0.412 e. The molecule has 0 saturated heterocycles. The summed E-state index contributed by atoms with van der Waals surface area (Å²) in [5.41, 5.74) is 2.49. The molecule has 3 aromatic rings. The van der Waals surface area contributed by atoms with Gasteiger partial charge in [0, 0.05) is 23.7 Å². The van der Waals surface area contributed by atoms with Crippen LogP contribution in [-0.2, 0) is 6.42 Å². The first kappa shape index (κ1) is 15.5. The zero-order valence-corrected chi connectivity index (χ0v) is 13.9. The summed E-state index contributed by atoms with van der Waals surface area (Å²) in [5, 5.41) is 8.34. The maximum absolute atomic E-state index is 12.2. The van der Waals surface area contributed by atoms with E-state index in [2.05, 4.69) is 28.8 Å². The van der Waals surface area contributed by atoms with Crippen molar-refractivity contribution in [1.82, 2.24) is 5.32 Å². The van der Waals surface area contributed by atoms with E-state index in [9.17, 15) is 4.79 Å². The first-order valence-corrected chi connectivity index (χ1v) is 8.57. The molecule has 0 aliphatic carbocycles. The molecule has 0 radical (unpaired) electrons. The number of ether oxygens (including phenoxy) is 1. The van der Waals surface area contributed by atoms with Gasteiger partial charge >= 0.3 is 6.09 Å². The lowest BCUT2D eigenvalue weighted by atomic mass is 9.98. The molecule has 1 aliphatic rings. The summed E-state index contributed by atoms with van der Waals surface area (Å²) in [6, 6.07) is 22.1. The number of fused-ring (bicyclic) bond motifs is 2. The Balaban J connectivity index is 1.37. The Labute approximate surface area is 146 Å². The quantitative estimate of drug-likeness (QED) is 0.749. The van der Waals surface area contributed by atoms with Crippen LogP contribution in [0, 0.1) is 0 Å². The highest BCUT2D eigenvalue weighted by atomic mass is 16.6. The van der Waals surface area contributed by atoms with Crippen molar-refractivity contribution in [1.29, 1.82) is 0 Å². The summed E-state index contributed by atoms with van der Waals surface area (Å²) < 4.78 is 5.51. The monoisotopic (exact) mass is 332 g/mol. The molecular formula is C21H20N2O2. The lowest BCUT2D eigenvalue weighted by Crippen LogP contribution is -2.39. The minimum absolute atomic E-state index is 0.218. The van der Waals surface area contributed by atoms with Gasteiger partial charge in [0.05, 0.1) is 0 Å². The number of aryl methyl sites for hydroxylation is 1. The van der Waals surface area contributed by atoms with Gasteiger partial charge in [-0.3, -0.25) is 0 Å². The predicted molar refractivity (Wildman–Crippen MR) is 100 cm³/mol. The zero-order chi connectivity index (χ0) is 17.1. The molecule has 4 heteroatoms. The van der Waals surface area contributed by atoms with E-state index in [-0.39, 0.29) is 6.04 Å². The van der Waals surface area contributed by atoms with Crippen LogP contribution < -0.4 is 15.4 Å². The third-order valence-electron chi connectivity index (χ3n) is 4.58. The summed E-state index contributed by atoms with van der Waals surface area (Å²) in [4.78, 5) is 12.2. The van der Waals surface area contributed by atoms with Crippen molar-refractivity contribution in [2.24, 2.45) is 0 Å². The van der Waals surface area contributed by atoms with Crippen LogP contribution >= 0.6 is 0 Å². The second kappa shape index (κ2) is 6.85. The number of hydrogen-bond acceptors (Lipinski definition) is 3. The molecule has 1 amide bonds. The molecule has 126 valence electrons. The van der Waals surface area contributed by atoms with Gasteiger partial charge in [-0.15, -0.1) is 0 Å². The van der Waals surface area contributed by atoms with Crippen LogP contribution in [0.4, 0.5) is 10.5 Å². The molecule has 4 rings (SSSR count). The van der Waals surface area contributed by atoms with Crippen LogP contribution in [0.2, 0.25) is 0 Å². The molecule has 4 nitrogen and oxygen atoms in total. The third kappa shape index (κ3) is 3.43. The van der Waals surface area contributed by atoms with Crippen molar-refractivity contribution >= 4 is 22.6 Å². The van der Waals surface area contributed by atoms with Gasteiger partial charge in [-0.25, -0.2) is 4.79 Å². The summed E-state index contributed by atoms with van der Waals surface area (Å²) in [6.07, 6.45) is 1.59. The van der Waals surface area contributed by atoms with Gasteiger partial charge in [-0.1, -0.05) is 54.6 Å². The average Bonchev–Trinajstić information content (AvgIpc) is 2.66. The highest BCUT2D eigenvalue weighted by Gasteiger charge is 2.18. The molecule has 0 bridgehead atoms. The number of anilines is 1. The fourth-order valence-electron chi connectivity index (χ4n) is 3.28. The van der Waals surface area contributed by atoms with Crippen LogP contribution in [0.1, 0.15) is 12.0 Å². The van der Waals surface area contributed by atoms with Gasteiger partial charge in [0.1, 0.15) is 5.75 Å². The average molecular weight is 332 g/mol. The van der Waals surface area contributed by atoms with E-state index in [1.54, 1.807) is 0 Å². The third-order valence-corrected chi connectivity index (χ3v) is 4.58. The molecule has 0 aromatic heterocycles. The molecule has 0 saturated carbocycles.